The Balaban J connectivity index is 0.000000294. The van der Waals surface area contributed by atoms with Crippen LogP contribution in [0.25, 0.3) is 32.7 Å². The highest BCUT2D eigenvalue weighted by Gasteiger charge is 2.28. The van der Waals surface area contributed by atoms with Gasteiger partial charge in [-0.1, -0.05) is 263 Å². The summed E-state index contributed by atoms with van der Waals surface area (Å²) in [5.74, 6) is 0. The molecule has 0 aliphatic carbocycles. The van der Waals surface area contributed by atoms with Gasteiger partial charge in [0.2, 0.25) is 0 Å². The molecule has 0 radical (unpaired) electrons. The summed E-state index contributed by atoms with van der Waals surface area (Å²) >= 11 is 0. The second kappa shape index (κ2) is 18.7. The number of benzene rings is 10. The van der Waals surface area contributed by atoms with Crippen molar-refractivity contribution in [3.8, 4) is 11.1 Å². The Labute approximate surface area is 352 Å². The van der Waals surface area contributed by atoms with Gasteiger partial charge in [0, 0.05) is 0 Å². The molecule has 282 valence electrons. The fourth-order valence-electron chi connectivity index (χ4n) is 7.79. The lowest BCUT2D eigenvalue weighted by molar-refractivity contribution is 1.72. The Morgan fingerprint density at radius 2 is 0.508 bits per heavy atom. The predicted octanol–water partition coefficient (Wildman–Crippen LogP) is 11.5. The fraction of sp³-hybridized carbons (Fsp3) is 0. The van der Waals surface area contributed by atoms with Crippen molar-refractivity contribution < 1.29 is 0 Å². The molecule has 0 nitrogen and oxygen atoms in total. The molecule has 0 saturated heterocycles. The lowest BCUT2D eigenvalue weighted by atomic mass is 9.93. The van der Waals surface area contributed by atoms with E-state index in [4.69, 9.17) is 0 Å². The summed E-state index contributed by atoms with van der Waals surface area (Å²) in [5.41, 5.74) is 2.70. The Morgan fingerprint density at radius 3 is 0.831 bits per heavy atom. The second-order valence-electron chi connectivity index (χ2n) is 14.2. The maximum absolute atomic E-state index is 2.42. The summed E-state index contributed by atoms with van der Waals surface area (Å²) in [4.78, 5) is 0. The molecule has 0 amide bonds. The Kier molecular flexibility index (Phi) is 12.2. The highest BCUT2D eigenvalue weighted by atomic mass is 31.1. The SMILES string of the molecule is c1ccc(P(c2ccccc2)c2ccc3ccccc3c2-c2c(P(c3ccccc3)c3ccccc3)ccc3ccccc23)cc1.c1ccc(Pc2ccccc2)cc1. The maximum Gasteiger partial charge on any atom is -0.000884 e. The van der Waals surface area contributed by atoms with E-state index in [2.05, 4.69) is 255 Å². The van der Waals surface area contributed by atoms with Crippen LogP contribution in [0.4, 0.5) is 0 Å². The molecule has 10 aromatic carbocycles. The van der Waals surface area contributed by atoms with E-state index in [1.165, 1.54) is 75.1 Å². The van der Waals surface area contributed by atoms with Crippen LogP contribution >= 0.6 is 24.4 Å². The van der Waals surface area contributed by atoms with Crippen molar-refractivity contribution in [3.63, 3.8) is 0 Å². The van der Waals surface area contributed by atoms with Crippen LogP contribution in [0.3, 0.4) is 0 Å². The molecule has 0 spiro atoms. The van der Waals surface area contributed by atoms with Gasteiger partial charge in [-0.15, -0.1) is 0 Å². The molecule has 0 atom stereocenters. The van der Waals surface area contributed by atoms with E-state index in [-0.39, 0.29) is 0 Å². The van der Waals surface area contributed by atoms with Crippen LogP contribution in [0.2, 0.25) is 0 Å². The van der Waals surface area contributed by atoms with Crippen LogP contribution in [0.1, 0.15) is 0 Å². The third-order valence-electron chi connectivity index (χ3n) is 10.4. The molecular formula is C56H43P3. The summed E-state index contributed by atoms with van der Waals surface area (Å²) in [7, 11) is -0.927. The zero-order chi connectivity index (χ0) is 39.6. The molecule has 59 heavy (non-hydrogen) atoms. The predicted molar refractivity (Wildman–Crippen MR) is 265 cm³/mol. The first kappa shape index (κ1) is 38.5. The molecule has 0 aliphatic rings. The largest absolute Gasteiger partial charge is 0.0622 e. The molecule has 0 aromatic heterocycles. The van der Waals surface area contributed by atoms with Gasteiger partial charge in [-0.25, -0.2) is 0 Å². The van der Waals surface area contributed by atoms with Gasteiger partial charge in [0.05, 0.1) is 0 Å². The zero-order valence-electron chi connectivity index (χ0n) is 32.6. The van der Waals surface area contributed by atoms with E-state index in [1.54, 1.807) is 0 Å². The molecule has 0 unspecified atom stereocenters. The Morgan fingerprint density at radius 1 is 0.237 bits per heavy atom. The van der Waals surface area contributed by atoms with Crippen LogP contribution < -0.4 is 42.4 Å². The summed E-state index contributed by atoms with van der Waals surface area (Å²) in [5, 5.41) is 16.1. The van der Waals surface area contributed by atoms with Gasteiger partial charge in [-0.3, -0.25) is 0 Å². The van der Waals surface area contributed by atoms with Gasteiger partial charge in [-0.05, 0) is 91.0 Å². The second-order valence-corrected chi connectivity index (χ2v) is 20.0. The Bertz CT molecular complexity index is 2600. The summed E-state index contributed by atoms with van der Waals surface area (Å²) in [6.07, 6.45) is 0. The lowest BCUT2D eigenvalue weighted by Gasteiger charge is -2.28. The minimum atomic E-state index is -0.852. The van der Waals surface area contributed by atoms with Crippen molar-refractivity contribution in [2.24, 2.45) is 0 Å². The summed E-state index contributed by atoms with van der Waals surface area (Å²) < 4.78 is 0. The van der Waals surface area contributed by atoms with Crippen molar-refractivity contribution in [2.45, 2.75) is 0 Å². The van der Waals surface area contributed by atoms with E-state index >= 15 is 0 Å². The average Bonchev–Trinajstić information content (AvgIpc) is 3.31. The van der Waals surface area contributed by atoms with Gasteiger partial charge < -0.3 is 0 Å². The van der Waals surface area contributed by atoms with Crippen LogP contribution in [-0.4, -0.2) is 0 Å². The van der Waals surface area contributed by atoms with Crippen molar-refractivity contribution in [3.05, 3.63) is 255 Å². The quantitative estimate of drug-likeness (QED) is 0.127. The molecule has 0 aliphatic heterocycles. The van der Waals surface area contributed by atoms with Crippen LogP contribution in [0, 0.1) is 0 Å². The first-order valence-corrected chi connectivity index (χ1v) is 23.7. The molecule has 10 rings (SSSR count). The van der Waals surface area contributed by atoms with Gasteiger partial charge in [-0.2, -0.15) is 0 Å². The van der Waals surface area contributed by atoms with E-state index in [0.717, 1.165) is 8.58 Å². The molecule has 3 heteroatoms. The monoisotopic (exact) mass is 808 g/mol. The first-order valence-electron chi connectivity index (χ1n) is 20.0. The Hall–Kier alpha value is -5.99. The van der Waals surface area contributed by atoms with Crippen molar-refractivity contribution >= 4 is 88.4 Å². The third-order valence-corrected chi connectivity index (χ3v) is 16.7. The minimum Gasteiger partial charge on any atom is -0.0622 e. The highest BCUT2D eigenvalue weighted by molar-refractivity contribution is 7.80. The molecule has 0 N–H and O–H groups in total. The molecule has 10 aromatic rings. The van der Waals surface area contributed by atoms with Gasteiger partial charge in [0.25, 0.3) is 0 Å². The van der Waals surface area contributed by atoms with Crippen molar-refractivity contribution in [2.75, 3.05) is 0 Å². The molecule has 0 fully saturated rings. The van der Waals surface area contributed by atoms with E-state index < -0.39 is 15.8 Å². The lowest BCUT2D eigenvalue weighted by Crippen LogP contribution is -2.26. The van der Waals surface area contributed by atoms with Gasteiger partial charge in [0.1, 0.15) is 0 Å². The van der Waals surface area contributed by atoms with E-state index in [0.29, 0.717) is 0 Å². The van der Waals surface area contributed by atoms with Gasteiger partial charge >= 0.3 is 0 Å². The number of rotatable bonds is 9. The normalized spacial score (nSPS) is 11.1. The molecule has 0 saturated carbocycles. The van der Waals surface area contributed by atoms with Crippen LogP contribution in [-0.2, 0) is 0 Å². The van der Waals surface area contributed by atoms with Crippen molar-refractivity contribution in [1.82, 2.24) is 0 Å². The molecule has 0 bridgehead atoms. The van der Waals surface area contributed by atoms with Crippen LogP contribution in [0.5, 0.6) is 0 Å². The zero-order valence-corrected chi connectivity index (χ0v) is 35.4. The average molecular weight is 809 g/mol. The first-order chi connectivity index (χ1) is 29.3. The highest BCUT2D eigenvalue weighted by Crippen LogP contribution is 2.45. The number of hydrogen-bond donors (Lipinski definition) is 0. The number of fused-ring (bicyclic) bond motifs is 2. The molecule has 0 heterocycles. The van der Waals surface area contributed by atoms with Crippen molar-refractivity contribution in [1.29, 1.82) is 0 Å². The fourth-order valence-corrected chi connectivity index (χ4v) is 13.8. The van der Waals surface area contributed by atoms with E-state index in [9.17, 15) is 0 Å². The van der Waals surface area contributed by atoms with Crippen LogP contribution in [0.15, 0.2) is 255 Å². The summed E-state index contributed by atoms with van der Waals surface area (Å²) in [6.45, 7) is 0. The third kappa shape index (κ3) is 8.74. The summed E-state index contributed by atoms with van der Waals surface area (Å²) in [6, 6.07) is 93.0. The standard InChI is InChI=1S/C44H32P2.C12H11P/c1-5-19-35(20-6-1)45(36-21-7-2-8-22-36)41-31-29-33-17-13-15-27-39(33)43(41)44-40-28-16-14-18-34(40)30-32-42(44)46(37-23-9-3-10-24-37)38-25-11-4-12-26-38;1-3-7-11(8-4-1)13-12-9-5-2-6-10-12/h1-32H;1-10,13H. The maximum atomic E-state index is 2.42. The van der Waals surface area contributed by atoms with E-state index in [1.807, 2.05) is 0 Å². The molecular weight excluding hydrogens is 766 g/mol. The van der Waals surface area contributed by atoms with Gasteiger partial charge in [0.15, 0.2) is 0 Å². The topological polar surface area (TPSA) is 0 Å². The minimum absolute atomic E-state index is 0.777. The smallest absolute Gasteiger partial charge is 0.000884 e. The number of hydrogen-bond acceptors (Lipinski definition) is 0.